The molecule has 1 aromatic carbocycles. The fraction of sp³-hybridized carbons (Fsp3) is 0.381. The first-order chi connectivity index (χ1) is 15.1. The second-order valence-electron chi connectivity index (χ2n) is 7.69. The highest BCUT2D eigenvalue weighted by atomic mass is 19.1. The molecule has 8 nitrogen and oxygen atoms in total. The minimum Gasteiger partial charge on any atom is -0.502 e. The van der Waals surface area contributed by atoms with Gasteiger partial charge in [-0.25, -0.2) is 13.2 Å². The normalized spacial score (nSPS) is 18.8. The molecule has 11 heteroatoms. The number of carbonyl (C=O) groups is 2. The molecule has 2 aromatic rings. The molecule has 0 saturated carbocycles. The van der Waals surface area contributed by atoms with Crippen molar-refractivity contribution < 1.29 is 27.9 Å². The van der Waals surface area contributed by atoms with E-state index in [1.807, 2.05) is 0 Å². The minimum atomic E-state index is -1.11. The van der Waals surface area contributed by atoms with Gasteiger partial charge >= 0.3 is 0 Å². The third-order valence-corrected chi connectivity index (χ3v) is 5.42. The van der Waals surface area contributed by atoms with Crippen molar-refractivity contribution in [2.75, 3.05) is 19.1 Å². The zero-order valence-electron chi connectivity index (χ0n) is 17.5. The Kier molecular flexibility index (Phi) is 6.75. The Bertz CT molecular complexity index is 1110. The molecule has 2 unspecified atom stereocenters. The van der Waals surface area contributed by atoms with Gasteiger partial charge in [-0.2, -0.15) is 0 Å². The van der Waals surface area contributed by atoms with Crippen molar-refractivity contribution in [1.29, 1.82) is 0 Å². The SMILES string of the molecule is CC1CCC(CF)N(C)C(=O)c2c(O)c(=O)c(C(=O)NCc3ccc(F)cc3F)cn2N1. The zero-order valence-corrected chi connectivity index (χ0v) is 17.5. The van der Waals surface area contributed by atoms with Crippen LogP contribution in [0.25, 0.3) is 0 Å². The topological polar surface area (TPSA) is 104 Å². The molecule has 0 aliphatic carbocycles. The first kappa shape index (κ1) is 23.2. The van der Waals surface area contributed by atoms with Crippen LogP contribution in [0.4, 0.5) is 13.2 Å². The van der Waals surface area contributed by atoms with E-state index < -0.39 is 58.6 Å². The third kappa shape index (κ3) is 4.56. The molecular weight excluding hydrogens is 429 g/mol. The van der Waals surface area contributed by atoms with Gasteiger partial charge < -0.3 is 20.7 Å². The van der Waals surface area contributed by atoms with E-state index >= 15 is 0 Å². The molecule has 0 radical (unpaired) electrons. The lowest BCUT2D eigenvalue weighted by atomic mass is 10.1. The summed E-state index contributed by atoms with van der Waals surface area (Å²) in [5.41, 5.74) is 0.879. The Morgan fingerprint density at radius 1 is 1.28 bits per heavy atom. The smallest absolute Gasteiger partial charge is 0.276 e. The lowest BCUT2D eigenvalue weighted by molar-refractivity contribution is 0.0685. The molecule has 0 bridgehead atoms. The van der Waals surface area contributed by atoms with E-state index in [-0.39, 0.29) is 18.2 Å². The molecule has 2 atom stereocenters. The Labute approximate surface area is 181 Å². The predicted octanol–water partition coefficient (Wildman–Crippen LogP) is 1.90. The van der Waals surface area contributed by atoms with Crippen LogP contribution in [-0.2, 0) is 6.54 Å². The summed E-state index contributed by atoms with van der Waals surface area (Å²) in [7, 11) is 1.37. The number of aromatic nitrogens is 1. The molecule has 2 amide bonds. The van der Waals surface area contributed by atoms with Gasteiger partial charge in [0.2, 0.25) is 5.43 Å². The maximum Gasteiger partial charge on any atom is 0.276 e. The largest absolute Gasteiger partial charge is 0.502 e. The number of hydrogen-bond donors (Lipinski definition) is 3. The number of nitrogens with one attached hydrogen (secondary N) is 2. The molecule has 0 saturated heterocycles. The summed E-state index contributed by atoms with van der Waals surface area (Å²) in [5, 5.41) is 12.8. The second-order valence-corrected chi connectivity index (χ2v) is 7.69. The first-order valence-corrected chi connectivity index (χ1v) is 9.94. The number of hydrogen-bond acceptors (Lipinski definition) is 5. The molecular formula is C21H23F3N4O4. The fourth-order valence-electron chi connectivity index (χ4n) is 3.46. The van der Waals surface area contributed by atoms with Gasteiger partial charge in [-0.3, -0.25) is 19.1 Å². The summed E-state index contributed by atoms with van der Waals surface area (Å²) in [6.07, 6.45) is 1.89. The van der Waals surface area contributed by atoms with Crippen molar-refractivity contribution in [2.24, 2.45) is 0 Å². The third-order valence-electron chi connectivity index (χ3n) is 5.42. The average Bonchev–Trinajstić information content (AvgIpc) is 2.78. The Hall–Kier alpha value is -3.50. The number of carbonyl (C=O) groups excluding carboxylic acids is 2. The number of alkyl halides is 1. The number of benzene rings is 1. The van der Waals surface area contributed by atoms with Gasteiger partial charge in [-0.1, -0.05) is 6.07 Å². The number of rotatable bonds is 4. The van der Waals surface area contributed by atoms with Gasteiger partial charge in [0, 0.05) is 37.5 Å². The van der Waals surface area contributed by atoms with Crippen LogP contribution in [0.3, 0.4) is 0 Å². The molecule has 3 N–H and O–H groups in total. The van der Waals surface area contributed by atoms with Gasteiger partial charge in [-0.05, 0) is 25.8 Å². The Morgan fingerprint density at radius 2 is 2.00 bits per heavy atom. The Balaban J connectivity index is 1.96. The van der Waals surface area contributed by atoms with Crippen molar-refractivity contribution in [3.8, 4) is 5.75 Å². The molecule has 32 heavy (non-hydrogen) atoms. The standard InChI is InChI=1S/C21H23F3N4O4/c1-11-3-6-14(8-22)27(2)21(32)17-19(30)18(29)15(10-28(17)26-11)20(31)25-9-12-4-5-13(23)7-16(12)24/h4-5,7,10-11,14,26,30H,3,6,8-9H2,1-2H3,(H,25,31). The molecule has 0 spiro atoms. The van der Waals surface area contributed by atoms with Crippen LogP contribution in [-0.4, -0.2) is 52.3 Å². The molecule has 0 fully saturated rings. The van der Waals surface area contributed by atoms with E-state index in [4.69, 9.17) is 0 Å². The summed E-state index contributed by atoms with van der Waals surface area (Å²) >= 11 is 0. The van der Waals surface area contributed by atoms with Gasteiger partial charge in [-0.15, -0.1) is 0 Å². The van der Waals surface area contributed by atoms with E-state index in [2.05, 4.69) is 10.7 Å². The number of pyridine rings is 1. The maximum atomic E-state index is 13.8. The highest BCUT2D eigenvalue weighted by Gasteiger charge is 2.31. The lowest BCUT2D eigenvalue weighted by Gasteiger charge is -2.25. The summed E-state index contributed by atoms with van der Waals surface area (Å²) in [6.45, 7) is 0.637. The molecule has 1 aromatic heterocycles. The molecule has 1 aliphatic heterocycles. The molecule has 172 valence electrons. The monoisotopic (exact) mass is 452 g/mol. The number of halogens is 3. The summed E-state index contributed by atoms with van der Waals surface area (Å²) in [4.78, 5) is 39.2. The molecule has 1 aliphatic rings. The van der Waals surface area contributed by atoms with E-state index in [9.17, 15) is 32.7 Å². The first-order valence-electron chi connectivity index (χ1n) is 9.94. The zero-order chi connectivity index (χ0) is 23.6. The van der Waals surface area contributed by atoms with Crippen molar-refractivity contribution >= 4 is 11.8 Å². The Morgan fingerprint density at radius 3 is 2.66 bits per heavy atom. The number of aromatic hydroxyl groups is 1. The minimum absolute atomic E-state index is 0.00683. The van der Waals surface area contributed by atoms with Crippen LogP contribution >= 0.6 is 0 Å². The predicted molar refractivity (Wildman–Crippen MR) is 110 cm³/mol. The van der Waals surface area contributed by atoms with Crippen LogP contribution in [0.2, 0.25) is 0 Å². The molecule has 3 rings (SSSR count). The van der Waals surface area contributed by atoms with E-state index in [0.29, 0.717) is 18.9 Å². The fourth-order valence-corrected chi connectivity index (χ4v) is 3.46. The highest BCUT2D eigenvalue weighted by Crippen LogP contribution is 2.21. The van der Waals surface area contributed by atoms with Crippen LogP contribution in [0.15, 0.2) is 29.2 Å². The van der Waals surface area contributed by atoms with Crippen molar-refractivity contribution in [3.63, 3.8) is 0 Å². The van der Waals surface area contributed by atoms with E-state index in [1.54, 1.807) is 6.92 Å². The van der Waals surface area contributed by atoms with Crippen LogP contribution in [0.1, 0.15) is 46.2 Å². The van der Waals surface area contributed by atoms with Gasteiger partial charge in [0.15, 0.2) is 11.4 Å². The van der Waals surface area contributed by atoms with Crippen LogP contribution in [0, 0.1) is 11.6 Å². The van der Waals surface area contributed by atoms with Gasteiger partial charge in [0.1, 0.15) is 23.9 Å². The van der Waals surface area contributed by atoms with Crippen LogP contribution in [0.5, 0.6) is 5.75 Å². The maximum absolute atomic E-state index is 13.8. The second kappa shape index (κ2) is 9.33. The van der Waals surface area contributed by atoms with Crippen molar-refractivity contribution in [2.45, 2.75) is 38.4 Å². The van der Waals surface area contributed by atoms with Crippen molar-refractivity contribution in [1.82, 2.24) is 14.9 Å². The highest BCUT2D eigenvalue weighted by molar-refractivity contribution is 5.98. The average molecular weight is 452 g/mol. The molecule has 2 heterocycles. The lowest BCUT2D eigenvalue weighted by Crippen LogP contribution is -2.40. The van der Waals surface area contributed by atoms with E-state index in [1.165, 1.54) is 7.05 Å². The number of nitrogens with zero attached hydrogens (tertiary/aromatic N) is 2. The number of fused-ring (bicyclic) bond motifs is 1. The van der Waals surface area contributed by atoms with Crippen LogP contribution < -0.4 is 16.2 Å². The quantitative estimate of drug-likeness (QED) is 0.658. The van der Waals surface area contributed by atoms with Gasteiger partial charge in [0.25, 0.3) is 11.8 Å². The van der Waals surface area contributed by atoms with Crippen molar-refractivity contribution in [3.05, 3.63) is 63.1 Å². The number of amides is 2. The summed E-state index contributed by atoms with van der Waals surface area (Å²) in [5.74, 6) is -4.33. The van der Waals surface area contributed by atoms with E-state index in [0.717, 1.165) is 27.9 Å². The van der Waals surface area contributed by atoms with Gasteiger partial charge in [0.05, 0.1) is 6.04 Å². The summed E-state index contributed by atoms with van der Waals surface area (Å²) < 4.78 is 41.3. The summed E-state index contributed by atoms with van der Waals surface area (Å²) in [6, 6.07) is 1.82.